The Kier molecular flexibility index (Phi) is 3.29. The van der Waals surface area contributed by atoms with E-state index < -0.39 is 0 Å². The molecule has 0 aliphatic rings. The monoisotopic (exact) mass is 338 g/mol. The quantitative estimate of drug-likeness (QED) is 0.378. The highest BCUT2D eigenvalue weighted by Crippen LogP contribution is 2.35. The van der Waals surface area contributed by atoms with Gasteiger partial charge in [-0.2, -0.15) is 0 Å². The van der Waals surface area contributed by atoms with Crippen LogP contribution in [0.5, 0.6) is 0 Å². The molecular formula is C23H18N2O. The van der Waals surface area contributed by atoms with Crippen LogP contribution in [0, 0.1) is 0 Å². The van der Waals surface area contributed by atoms with Gasteiger partial charge in [-0.15, -0.1) is 0 Å². The van der Waals surface area contributed by atoms with Crippen LogP contribution in [0.1, 0.15) is 25.5 Å². The molecule has 0 aliphatic carbocycles. The number of hydrogen-bond acceptors (Lipinski definition) is 3. The molecule has 0 fully saturated rings. The molecule has 5 rings (SSSR count). The number of furan rings is 1. The molecule has 0 bridgehead atoms. The lowest BCUT2D eigenvalue weighted by Gasteiger charge is -2.04. The molecule has 0 N–H and O–H groups in total. The van der Waals surface area contributed by atoms with Gasteiger partial charge in [0.15, 0.2) is 0 Å². The van der Waals surface area contributed by atoms with Crippen molar-refractivity contribution in [2.45, 2.75) is 19.8 Å². The Balaban J connectivity index is 1.77. The van der Waals surface area contributed by atoms with Crippen LogP contribution in [0.3, 0.4) is 0 Å². The van der Waals surface area contributed by atoms with Crippen molar-refractivity contribution in [1.82, 2.24) is 9.97 Å². The number of para-hydroxylation sites is 2. The Morgan fingerprint density at radius 2 is 1.65 bits per heavy atom. The van der Waals surface area contributed by atoms with Crippen LogP contribution in [0.2, 0.25) is 0 Å². The summed E-state index contributed by atoms with van der Waals surface area (Å²) in [6, 6.07) is 22.7. The Morgan fingerprint density at radius 3 is 2.54 bits per heavy atom. The zero-order valence-electron chi connectivity index (χ0n) is 14.7. The molecule has 5 aromatic rings. The number of aromatic nitrogens is 2. The SMILES string of the molecule is CC(C)c1ccc2c(n1)oc1c(-c3ccc4ccccc4n3)cccc12. The third kappa shape index (κ3) is 2.28. The highest BCUT2D eigenvalue weighted by Gasteiger charge is 2.15. The van der Waals surface area contributed by atoms with Crippen molar-refractivity contribution in [1.29, 1.82) is 0 Å². The topological polar surface area (TPSA) is 38.9 Å². The fourth-order valence-electron chi connectivity index (χ4n) is 3.43. The minimum absolute atomic E-state index is 0.370. The summed E-state index contributed by atoms with van der Waals surface area (Å²) in [5.74, 6) is 0.370. The largest absolute Gasteiger partial charge is 0.437 e. The molecule has 2 aromatic carbocycles. The second-order valence-electron chi connectivity index (χ2n) is 6.92. The number of rotatable bonds is 2. The van der Waals surface area contributed by atoms with E-state index in [2.05, 4.69) is 62.4 Å². The van der Waals surface area contributed by atoms with Crippen LogP contribution in [0.4, 0.5) is 0 Å². The van der Waals surface area contributed by atoms with E-state index in [0.717, 1.165) is 44.2 Å². The van der Waals surface area contributed by atoms with Gasteiger partial charge in [-0.3, -0.25) is 0 Å². The molecule has 0 unspecified atom stereocenters. The van der Waals surface area contributed by atoms with Crippen LogP contribution in [-0.2, 0) is 0 Å². The second-order valence-corrected chi connectivity index (χ2v) is 6.92. The standard InChI is InChI=1S/C23H18N2O/c1-14(2)19-13-11-17-16-7-5-8-18(22(16)26-23(17)25-19)21-12-10-15-6-3-4-9-20(15)24-21/h3-14H,1-2H3. The predicted molar refractivity (Wildman–Crippen MR) is 106 cm³/mol. The summed E-state index contributed by atoms with van der Waals surface area (Å²) in [5, 5.41) is 3.26. The van der Waals surface area contributed by atoms with Gasteiger partial charge in [0, 0.05) is 27.4 Å². The van der Waals surface area contributed by atoms with E-state index in [1.807, 2.05) is 18.2 Å². The van der Waals surface area contributed by atoms with E-state index >= 15 is 0 Å². The zero-order chi connectivity index (χ0) is 17.7. The Labute approximate surface area is 151 Å². The number of nitrogens with zero attached hydrogens (tertiary/aromatic N) is 2. The van der Waals surface area contributed by atoms with E-state index in [1.165, 1.54) is 0 Å². The molecule has 3 aromatic heterocycles. The third-order valence-electron chi connectivity index (χ3n) is 4.85. The molecule has 0 spiro atoms. The van der Waals surface area contributed by atoms with E-state index in [4.69, 9.17) is 14.4 Å². The van der Waals surface area contributed by atoms with Crippen molar-refractivity contribution in [3.8, 4) is 11.3 Å². The average Bonchev–Trinajstić information content (AvgIpc) is 3.05. The molecule has 3 heterocycles. The number of pyridine rings is 2. The van der Waals surface area contributed by atoms with Crippen LogP contribution in [0.15, 0.2) is 71.1 Å². The normalized spacial score (nSPS) is 11.8. The molecule has 3 heteroatoms. The van der Waals surface area contributed by atoms with Crippen LogP contribution in [-0.4, -0.2) is 9.97 Å². The van der Waals surface area contributed by atoms with Gasteiger partial charge in [0.05, 0.1) is 11.2 Å². The summed E-state index contributed by atoms with van der Waals surface area (Å²) in [4.78, 5) is 9.54. The molecule has 126 valence electrons. The van der Waals surface area contributed by atoms with E-state index in [0.29, 0.717) is 11.6 Å². The smallest absolute Gasteiger partial charge is 0.227 e. The summed E-state index contributed by atoms with van der Waals surface area (Å²) in [7, 11) is 0. The van der Waals surface area contributed by atoms with Crippen molar-refractivity contribution >= 4 is 33.0 Å². The molecule has 0 saturated heterocycles. The van der Waals surface area contributed by atoms with Gasteiger partial charge >= 0.3 is 0 Å². The number of hydrogen-bond donors (Lipinski definition) is 0. The molecular weight excluding hydrogens is 320 g/mol. The summed E-state index contributed by atoms with van der Waals surface area (Å²) in [5.41, 5.74) is 5.48. The fraction of sp³-hybridized carbons (Fsp3) is 0.130. The Morgan fingerprint density at radius 1 is 0.769 bits per heavy atom. The summed E-state index contributed by atoms with van der Waals surface area (Å²) < 4.78 is 6.19. The fourth-order valence-corrected chi connectivity index (χ4v) is 3.43. The minimum Gasteiger partial charge on any atom is -0.437 e. The van der Waals surface area contributed by atoms with Crippen molar-refractivity contribution in [2.75, 3.05) is 0 Å². The van der Waals surface area contributed by atoms with Crippen LogP contribution < -0.4 is 0 Å². The maximum absolute atomic E-state index is 6.19. The van der Waals surface area contributed by atoms with Crippen molar-refractivity contribution in [2.24, 2.45) is 0 Å². The summed E-state index contributed by atoms with van der Waals surface area (Å²) in [6.07, 6.45) is 0. The lowest BCUT2D eigenvalue weighted by atomic mass is 10.0. The highest BCUT2D eigenvalue weighted by atomic mass is 16.3. The molecule has 0 atom stereocenters. The lowest BCUT2D eigenvalue weighted by Crippen LogP contribution is -1.90. The van der Waals surface area contributed by atoms with Crippen molar-refractivity contribution < 1.29 is 4.42 Å². The summed E-state index contributed by atoms with van der Waals surface area (Å²) in [6.45, 7) is 4.28. The number of benzene rings is 2. The average molecular weight is 338 g/mol. The first-order valence-electron chi connectivity index (χ1n) is 8.89. The first kappa shape index (κ1) is 15.1. The maximum Gasteiger partial charge on any atom is 0.227 e. The predicted octanol–water partition coefficient (Wildman–Crippen LogP) is 6.32. The van der Waals surface area contributed by atoms with Gasteiger partial charge in [0.2, 0.25) is 5.71 Å². The lowest BCUT2D eigenvalue weighted by molar-refractivity contribution is 0.648. The molecule has 3 nitrogen and oxygen atoms in total. The Hall–Kier alpha value is -3.20. The van der Waals surface area contributed by atoms with Gasteiger partial charge < -0.3 is 4.42 Å². The first-order valence-corrected chi connectivity index (χ1v) is 8.89. The zero-order valence-corrected chi connectivity index (χ0v) is 14.7. The third-order valence-corrected chi connectivity index (χ3v) is 4.85. The van der Waals surface area contributed by atoms with Crippen molar-refractivity contribution in [3.05, 3.63) is 72.4 Å². The van der Waals surface area contributed by atoms with E-state index in [9.17, 15) is 0 Å². The van der Waals surface area contributed by atoms with E-state index in [1.54, 1.807) is 0 Å². The van der Waals surface area contributed by atoms with Gasteiger partial charge in [0.1, 0.15) is 5.58 Å². The minimum atomic E-state index is 0.370. The van der Waals surface area contributed by atoms with Crippen LogP contribution in [0.25, 0.3) is 44.2 Å². The highest BCUT2D eigenvalue weighted by molar-refractivity contribution is 6.08. The molecule has 0 aliphatic heterocycles. The molecule has 0 radical (unpaired) electrons. The van der Waals surface area contributed by atoms with E-state index in [-0.39, 0.29) is 0 Å². The van der Waals surface area contributed by atoms with Crippen LogP contribution >= 0.6 is 0 Å². The molecule has 26 heavy (non-hydrogen) atoms. The number of fused-ring (bicyclic) bond motifs is 4. The molecule has 0 amide bonds. The van der Waals surface area contributed by atoms with Gasteiger partial charge in [0.25, 0.3) is 0 Å². The van der Waals surface area contributed by atoms with Gasteiger partial charge in [-0.25, -0.2) is 9.97 Å². The molecule has 0 saturated carbocycles. The Bertz CT molecular complexity index is 1270. The van der Waals surface area contributed by atoms with Gasteiger partial charge in [-0.1, -0.05) is 50.2 Å². The summed E-state index contributed by atoms with van der Waals surface area (Å²) >= 11 is 0. The van der Waals surface area contributed by atoms with Crippen molar-refractivity contribution in [3.63, 3.8) is 0 Å². The second kappa shape index (κ2) is 5.67. The first-order chi connectivity index (χ1) is 12.7. The van der Waals surface area contributed by atoms with Gasteiger partial charge in [-0.05, 0) is 36.2 Å². The maximum atomic E-state index is 6.19.